The molecule has 1 atom stereocenters. The van der Waals surface area contributed by atoms with Crippen molar-refractivity contribution in [1.82, 2.24) is 15.0 Å². The molecule has 118 valence electrons. The second-order valence-corrected chi connectivity index (χ2v) is 6.06. The summed E-state index contributed by atoms with van der Waals surface area (Å²) in [4.78, 5) is 13.9. The second-order valence-electron chi connectivity index (χ2n) is 6.06. The summed E-state index contributed by atoms with van der Waals surface area (Å²) < 4.78 is 5.81. The largest absolute Gasteiger partial charge is 0.379 e. The van der Waals surface area contributed by atoms with Gasteiger partial charge < -0.3 is 14.6 Å². The zero-order valence-corrected chi connectivity index (χ0v) is 13.0. The summed E-state index contributed by atoms with van der Waals surface area (Å²) in [5, 5.41) is 1.27. The molecule has 5 heteroatoms. The van der Waals surface area contributed by atoms with Gasteiger partial charge in [0.2, 0.25) is 0 Å². The lowest BCUT2D eigenvalue weighted by Gasteiger charge is -2.24. The minimum absolute atomic E-state index is 0.462. The number of hydrogen-bond donors (Lipinski definition) is 1. The van der Waals surface area contributed by atoms with E-state index in [2.05, 4.69) is 44.1 Å². The maximum Gasteiger partial charge on any atom is 0.131 e. The maximum absolute atomic E-state index is 5.81. The Morgan fingerprint density at radius 1 is 1.26 bits per heavy atom. The summed E-state index contributed by atoms with van der Waals surface area (Å²) in [6, 6.07) is 10.7. The number of nitrogens with zero attached hydrogens (tertiary/aromatic N) is 3. The van der Waals surface area contributed by atoms with E-state index < -0.39 is 0 Å². The normalized spacial score (nSPS) is 19.0. The monoisotopic (exact) mass is 308 g/mol. The van der Waals surface area contributed by atoms with Gasteiger partial charge in [-0.2, -0.15) is 0 Å². The zero-order chi connectivity index (χ0) is 15.5. The predicted octanol–water partition coefficient (Wildman–Crippen LogP) is 2.65. The van der Waals surface area contributed by atoms with Crippen molar-refractivity contribution in [1.29, 1.82) is 0 Å². The van der Waals surface area contributed by atoms with Crippen LogP contribution in [-0.2, 0) is 11.2 Å². The lowest BCUT2D eigenvalue weighted by atomic mass is 9.98. The van der Waals surface area contributed by atoms with Crippen molar-refractivity contribution in [3.05, 3.63) is 54.6 Å². The first kappa shape index (κ1) is 14.2. The van der Waals surface area contributed by atoms with E-state index in [9.17, 15) is 0 Å². The van der Waals surface area contributed by atoms with Crippen LogP contribution in [0.4, 0.5) is 5.82 Å². The number of aromatic amines is 1. The highest BCUT2D eigenvalue weighted by atomic mass is 16.5. The van der Waals surface area contributed by atoms with Gasteiger partial charge in [-0.05, 0) is 41.6 Å². The van der Waals surface area contributed by atoms with Crippen LogP contribution < -0.4 is 4.90 Å². The standard InChI is InChI=1S/C18H20N4O/c1-2-17-16(3-6-20-17)10-14(1)9-15-11-22(7-8-23-12-15)18-4-5-19-13-21-18/h1-6,10,13,15,20H,7-9,11-12H2/t15-/m1/s1. The minimum atomic E-state index is 0.462. The molecule has 1 aliphatic heterocycles. The number of benzene rings is 1. The van der Waals surface area contributed by atoms with Crippen molar-refractivity contribution < 1.29 is 4.74 Å². The van der Waals surface area contributed by atoms with E-state index in [1.54, 1.807) is 12.5 Å². The molecule has 1 aliphatic rings. The molecule has 0 amide bonds. The van der Waals surface area contributed by atoms with Crippen LogP contribution in [0.1, 0.15) is 5.56 Å². The summed E-state index contributed by atoms with van der Waals surface area (Å²) in [5.74, 6) is 1.44. The molecule has 4 rings (SSSR count). The molecule has 1 aromatic carbocycles. The molecule has 5 nitrogen and oxygen atoms in total. The molecule has 0 bridgehead atoms. The first-order valence-corrected chi connectivity index (χ1v) is 8.03. The number of nitrogens with one attached hydrogen (secondary N) is 1. The second kappa shape index (κ2) is 6.38. The predicted molar refractivity (Wildman–Crippen MR) is 90.6 cm³/mol. The van der Waals surface area contributed by atoms with Gasteiger partial charge in [0.25, 0.3) is 0 Å². The molecule has 0 radical (unpaired) electrons. The fraction of sp³-hybridized carbons (Fsp3) is 0.333. The zero-order valence-electron chi connectivity index (χ0n) is 13.0. The SMILES string of the molecule is c1cc(N2CCOC[C@H](Cc3ccc4[nH]ccc4c3)C2)ncn1. The Bertz CT molecular complexity index is 771. The third kappa shape index (κ3) is 3.19. The summed E-state index contributed by atoms with van der Waals surface area (Å²) in [5.41, 5.74) is 2.55. The van der Waals surface area contributed by atoms with E-state index in [-0.39, 0.29) is 0 Å². The maximum atomic E-state index is 5.81. The van der Waals surface area contributed by atoms with Crippen LogP contribution in [-0.4, -0.2) is 41.3 Å². The van der Waals surface area contributed by atoms with Crippen LogP contribution in [0.15, 0.2) is 49.1 Å². The Kier molecular flexibility index (Phi) is 3.94. The molecule has 23 heavy (non-hydrogen) atoms. The van der Waals surface area contributed by atoms with Crippen LogP contribution >= 0.6 is 0 Å². The molecular formula is C18H20N4O. The molecular weight excluding hydrogens is 288 g/mol. The summed E-state index contributed by atoms with van der Waals surface area (Å²) in [6.45, 7) is 3.39. The fourth-order valence-corrected chi connectivity index (χ4v) is 3.25. The molecule has 0 unspecified atom stereocenters. The summed E-state index contributed by atoms with van der Waals surface area (Å²) >= 11 is 0. The molecule has 1 saturated heterocycles. The minimum Gasteiger partial charge on any atom is -0.379 e. The topological polar surface area (TPSA) is 54.0 Å². The van der Waals surface area contributed by atoms with Gasteiger partial charge in [-0.25, -0.2) is 9.97 Å². The van der Waals surface area contributed by atoms with Gasteiger partial charge in [-0.1, -0.05) is 6.07 Å². The van der Waals surface area contributed by atoms with E-state index in [1.165, 1.54) is 16.5 Å². The molecule has 1 N–H and O–H groups in total. The Morgan fingerprint density at radius 3 is 3.17 bits per heavy atom. The van der Waals surface area contributed by atoms with E-state index in [0.29, 0.717) is 5.92 Å². The molecule has 0 aliphatic carbocycles. The van der Waals surface area contributed by atoms with E-state index >= 15 is 0 Å². The molecule has 0 spiro atoms. The number of aromatic nitrogens is 3. The molecule has 0 saturated carbocycles. The van der Waals surface area contributed by atoms with Gasteiger partial charge in [0.15, 0.2) is 0 Å². The van der Waals surface area contributed by atoms with Gasteiger partial charge in [0.05, 0.1) is 13.2 Å². The smallest absolute Gasteiger partial charge is 0.131 e. The number of ether oxygens (including phenoxy) is 1. The van der Waals surface area contributed by atoms with Crippen molar-refractivity contribution >= 4 is 16.7 Å². The lowest BCUT2D eigenvalue weighted by molar-refractivity contribution is 0.123. The van der Waals surface area contributed by atoms with Gasteiger partial charge in [-0.15, -0.1) is 0 Å². The van der Waals surface area contributed by atoms with Crippen molar-refractivity contribution in [2.24, 2.45) is 5.92 Å². The molecule has 3 heterocycles. The van der Waals surface area contributed by atoms with Gasteiger partial charge in [0, 0.05) is 36.9 Å². The van der Waals surface area contributed by atoms with Gasteiger partial charge in [-0.3, -0.25) is 0 Å². The summed E-state index contributed by atoms with van der Waals surface area (Å²) in [6.07, 6.45) is 6.40. The van der Waals surface area contributed by atoms with Gasteiger partial charge in [0.1, 0.15) is 12.1 Å². The first-order chi connectivity index (χ1) is 11.4. The van der Waals surface area contributed by atoms with Crippen LogP contribution in [0.3, 0.4) is 0 Å². The van der Waals surface area contributed by atoms with Gasteiger partial charge >= 0.3 is 0 Å². The lowest BCUT2D eigenvalue weighted by Crippen LogP contribution is -2.31. The highest BCUT2D eigenvalue weighted by Gasteiger charge is 2.20. The Morgan fingerprint density at radius 2 is 2.26 bits per heavy atom. The number of hydrogen-bond acceptors (Lipinski definition) is 4. The highest BCUT2D eigenvalue weighted by molar-refractivity contribution is 5.79. The third-order valence-corrected chi connectivity index (χ3v) is 4.37. The molecule has 3 aromatic rings. The number of rotatable bonds is 3. The van der Waals surface area contributed by atoms with Crippen LogP contribution in [0.2, 0.25) is 0 Å². The number of H-pyrrole nitrogens is 1. The van der Waals surface area contributed by atoms with Crippen molar-refractivity contribution in [2.45, 2.75) is 6.42 Å². The van der Waals surface area contributed by atoms with Crippen molar-refractivity contribution in [3.8, 4) is 0 Å². The number of fused-ring (bicyclic) bond motifs is 1. The average molecular weight is 308 g/mol. The van der Waals surface area contributed by atoms with Crippen LogP contribution in [0.25, 0.3) is 10.9 Å². The Hall–Kier alpha value is -2.40. The van der Waals surface area contributed by atoms with Crippen LogP contribution in [0.5, 0.6) is 0 Å². The average Bonchev–Trinajstić information content (AvgIpc) is 2.93. The first-order valence-electron chi connectivity index (χ1n) is 8.03. The van der Waals surface area contributed by atoms with Crippen LogP contribution in [0, 0.1) is 5.92 Å². The van der Waals surface area contributed by atoms with Crippen molar-refractivity contribution in [3.63, 3.8) is 0 Å². The van der Waals surface area contributed by atoms with E-state index in [0.717, 1.165) is 38.5 Å². The van der Waals surface area contributed by atoms with E-state index in [4.69, 9.17) is 4.74 Å². The van der Waals surface area contributed by atoms with Crippen molar-refractivity contribution in [2.75, 3.05) is 31.2 Å². The summed E-state index contributed by atoms with van der Waals surface area (Å²) in [7, 11) is 0. The molecule has 2 aromatic heterocycles. The van der Waals surface area contributed by atoms with E-state index in [1.807, 2.05) is 12.3 Å². The molecule has 1 fully saturated rings. The quantitative estimate of drug-likeness (QED) is 0.808. The Labute approximate surface area is 135 Å². The Balaban J connectivity index is 1.50. The third-order valence-electron chi connectivity index (χ3n) is 4.37. The number of anilines is 1. The fourth-order valence-electron chi connectivity index (χ4n) is 3.25. The highest BCUT2D eigenvalue weighted by Crippen LogP contribution is 2.20.